The van der Waals surface area contributed by atoms with Crippen LogP contribution in [0, 0.1) is 5.92 Å². The molecule has 0 aliphatic carbocycles. The van der Waals surface area contributed by atoms with Crippen LogP contribution in [0.4, 0.5) is 0 Å². The van der Waals surface area contributed by atoms with Gasteiger partial charge < -0.3 is 0 Å². The highest BCUT2D eigenvalue weighted by Crippen LogP contribution is 2.28. The van der Waals surface area contributed by atoms with Crippen molar-refractivity contribution >= 4 is 5.57 Å². The monoisotopic (exact) mass is 389 g/mol. The smallest absolute Gasteiger partial charge is 0.250 e. The third-order valence-corrected chi connectivity index (χ3v) is 4.99. The lowest BCUT2D eigenvalue weighted by atomic mass is 9.86. The van der Waals surface area contributed by atoms with Gasteiger partial charge in [-0.3, -0.25) is 0 Å². The fourth-order valence-corrected chi connectivity index (χ4v) is 3.46. The predicted molar refractivity (Wildman–Crippen MR) is 123 cm³/mol. The Balaban J connectivity index is 2.32. The number of hydrogen-bond acceptors (Lipinski definition) is 2. The molecule has 4 heteroatoms. The minimum absolute atomic E-state index is 0.152. The summed E-state index contributed by atoms with van der Waals surface area (Å²) in [4.78, 5) is 13.1. The molecule has 0 spiro atoms. The van der Waals surface area contributed by atoms with E-state index in [-0.39, 0.29) is 11.6 Å². The molecule has 0 N–H and O–H groups in total. The predicted octanol–water partition coefficient (Wildman–Crippen LogP) is 5.68. The molecule has 1 heterocycles. The standard InChI is InChI=1S/C25H31N3O/c1-8-10-12-22(11-9-2)20(5)17-25(6,7)28-24(29)27(18-26-28)23-15-13-21(14-16-23)19(3)4/h8-16,18,20H,1-3,17H2,4-7H3/b12-10-,22-11+. The minimum atomic E-state index is -0.457. The van der Waals surface area contributed by atoms with Crippen LogP contribution in [0.1, 0.15) is 39.7 Å². The zero-order valence-electron chi connectivity index (χ0n) is 17.9. The Labute approximate surface area is 173 Å². The van der Waals surface area contributed by atoms with Crippen LogP contribution in [0.5, 0.6) is 0 Å². The summed E-state index contributed by atoms with van der Waals surface area (Å²) in [6.07, 6.45) is 11.8. The molecule has 29 heavy (non-hydrogen) atoms. The topological polar surface area (TPSA) is 39.8 Å². The molecule has 1 aromatic carbocycles. The molecule has 2 rings (SSSR count). The number of hydrogen-bond donors (Lipinski definition) is 0. The maximum atomic E-state index is 13.1. The molecule has 0 radical (unpaired) electrons. The first kappa shape index (κ1) is 22.2. The van der Waals surface area contributed by atoms with E-state index in [1.165, 1.54) is 0 Å². The van der Waals surface area contributed by atoms with Crippen molar-refractivity contribution < 1.29 is 0 Å². The average Bonchev–Trinajstić information content (AvgIpc) is 3.07. The first-order valence-electron chi connectivity index (χ1n) is 9.76. The first-order chi connectivity index (χ1) is 13.7. The normalized spacial score (nSPS) is 13.4. The molecule has 0 saturated heterocycles. The number of rotatable bonds is 9. The largest absolute Gasteiger partial charge is 0.350 e. The Morgan fingerprint density at radius 1 is 1.21 bits per heavy atom. The molecule has 4 nitrogen and oxygen atoms in total. The summed E-state index contributed by atoms with van der Waals surface area (Å²) in [7, 11) is 0. The number of aromatic nitrogens is 3. The quantitative estimate of drug-likeness (QED) is 0.517. The van der Waals surface area contributed by atoms with E-state index in [2.05, 4.69) is 31.8 Å². The lowest BCUT2D eigenvalue weighted by Crippen LogP contribution is -2.39. The van der Waals surface area contributed by atoms with Crippen LogP contribution < -0.4 is 5.69 Å². The zero-order chi connectivity index (χ0) is 21.6. The fraction of sp³-hybridized carbons (Fsp3) is 0.280. The molecule has 0 bridgehead atoms. The van der Waals surface area contributed by atoms with E-state index in [0.29, 0.717) is 0 Å². The van der Waals surface area contributed by atoms with Crippen LogP contribution in [-0.2, 0) is 5.54 Å². The van der Waals surface area contributed by atoms with Crippen molar-refractivity contribution in [2.24, 2.45) is 5.92 Å². The number of benzene rings is 1. The van der Waals surface area contributed by atoms with E-state index in [9.17, 15) is 4.79 Å². The van der Waals surface area contributed by atoms with Gasteiger partial charge >= 0.3 is 5.69 Å². The molecule has 1 unspecified atom stereocenters. The molecule has 0 aliphatic rings. The van der Waals surface area contributed by atoms with Gasteiger partial charge in [0.1, 0.15) is 6.33 Å². The number of nitrogens with zero attached hydrogens (tertiary/aromatic N) is 3. The van der Waals surface area contributed by atoms with Crippen LogP contribution >= 0.6 is 0 Å². The first-order valence-corrected chi connectivity index (χ1v) is 9.76. The highest BCUT2D eigenvalue weighted by molar-refractivity contribution is 5.62. The Bertz CT molecular complexity index is 997. The lowest BCUT2D eigenvalue weighted by molar-refractivity contribution is 0.257. The fourth-order valence-electron chi connectivity index (χ4n) is 3.46. The maximum absolute atomic E-state index is 13.1. The van der Waals surface area contributed by atoms with E-state index in [4.69, 9.17) is 0 Å². The van der Waals surface area contributed by atoms with Gasteiger partial charge in [0.2, 0.25) is 0 Å². The minimum Gasteiger partial charge on any atom is -0.250 e. The Morgan fingerprint density at radius 2 is 1.86 bits per heavy atom. The van der Waals surface area contributed by atoms with Crippen molar-refractivity contribution in [1.29, 1.82) is 0 Å². The van der Waals surface area contributed by atoms with Crippen LogP contribution in [0.3, 0.4) is 0 Å². The van der Waals surface area contributed by atoms with Crippen LogP contribution in [0.15, 0.2) is 91.1 Å². The van der Waals surface area contributed by atoms with Crippen LogP contribution in [0.25, 0.3) is 11.3 Å². The van der Waals surface area contributed by atoms with Gasteiger partial charge in [-0.25, -0.2) is 14.0 Å². The second-order valence-corrected chi connectivity index (χ2v) is 7.94. The Hall–Kier alpha value is -3.14. The summed E-state index contributed by atoms with van der Waals surface area (Å²) in [6, 6.07) is 7.76. The Morgan fingerprint density at radius 3 is 2.41 bits per heavy atom. The SMILES string of the molecule is C=C/C=C\C(=C/C=C)C(C)CC(C)(C)n1ncn(-c2ccc(C(=C)C)cc2)c1=O. The van der Waals surface area contributed by atoms with Crippen molar-refractivity contribution in [3.05, 3.63) is 102 Å². The lowest BCUT2D eigenvalue weighted by Gasteiger charge is -2.28. The summed E-state index contributed by atoms with van der Waals surface area (Å²) < 4.78 is 3.14. The summed E-state index contributed by atoms with van der Waals surface area (Å²) in [5, 5.41) is 4.42. The second-order valence-electron chi connectivity index (χ2n) is 7.94. The van der Waals surface area contributed by atoms with Gasteiger partial charge in [-0.2, -0.15) is 5.10 Å². The van der Waals surface area contributed by atoms with E-state index in [0.717, 1.165) is 28.8 Å². The van der Waals surface area contributed by atoms with E-state index in [1.807, 2.05) is 63.3 Å². The maximum Gasteiger partial charge on any atom is 0.350 e. The van der Waals surface area contributed by atoms with Crippen molar-refractivity contribution in [2.45, 2.75) is 39.7 Å². The van der Waals surface area contributed by atoms with Gasteiger partial charge in [0.15, 0.2) is 0 Å². The van der Waals surface area contributed by atoms with Crippen molar-refractivity contribution in [3.63, 3.8) is 0 Å². The average molecular weight is 390 g/mol. The molecule has 0 saturated carbocycles. The highest BCUT2D eigenvalue weighted by atomic mass is 16.2. The third kappa shape index (κ3) is 5.23. The van der Waals surface area contributed by atoms with Gasteiger partial charge in [0.05, 0.1) is 11.2 Å². The van der Waals surface area contributed by atoms with Crippen molar-refractivity contribution in [2.75, 3.05) is 0 Å². The molecular weight excluding hydrogens is 358 g/mol. The molecule has 1 atom stereocenters. The molecule has 1 aromatic heterocycles. The molecular formula is C25H31N3O. The summed E-state index contributed by atoms with van der Waals surface area (Å²) in [5.41, 5.74) is 3.36. The molecule has 0 aliphatic heterocycles. The Kier molecular flexibility index (Phi) is 7.16. The highest BCUT2D eigenvalue weighted by Gasteiger charge is 2.28. The molecule has 0 amide bonds. The van der Waals surface area contributed by atoms with Gasteiger partial charge in [-0.05, 0) is 56.4 Å². The van der Waals surface area contributed by atoms with Crippen molar-refractivity contribution in [1.82, 2.24) is 14.3 Å². The van der Waals surface area contributed by atoms with Crippen molar-refractivity contribution in [3.8, 4) is 5.69 Å². The van der Waals surface area contributed by atoms with Gasteiger partial charge in [-0.15, -0.1) is 0 Å². The van der Waals surface area contributed by atoms with Gasteiger partial charge in [0, 0.05) is 0 Å². The van der Waals surface area contributed by atoms with Crippen LogP contribution in [0.2, 0.25) is 0 Å². The van der Waals surface area contributed by atoms with E-state index < -0.39 is 5.54 Å². The molecule has 0 fully saturated rings. The zero-order valence-corrected chi connectivity index (χ0v) is 17.9. The summed E-state index contributed by atoms with van der Waals surface area (Å²) in [6.45, 7) is 19.7. The molecule has 2 aromatic rings. The van der Waals surface area contributed by atoms with Gasteiger partial charge in [-0.1, -0.05) is 74.7 Å². The molecule has 152 valence electrons. The van der Waals surface area contributed by atoms with E-state index >= 15 is 0 Å². The number of allylic oxidation sites excluding steroid dienone is 7. The summed E-state index contributed by atoms with van der Waals surface area (Å²) >= 11 is 0. The van der Waals surface area contributed by atoms with Crippen LogP contribution in [-0.4, -0.2) is 14.3 Å². The second kappa shape index (κ2) is 9.37. The van der Waals surface area contributed by atoms with E-state index in [1.54, 1.807) is 27.7 Å². The third-order valence-electron chi connectivity index (χ3n) is 4.99. The van der Waals surface area contributed by atoms with Gasteiger partial charge in [0.25, 0.3) is 0 Å². The summed E-state index contributed by atoms with van der Waals surface area (Å²) in [5.74, 6) is 0.214.